The highest BCUT2D eigenvalue weighted by Crippen LogP contribution is 2.47. The summed E-state index contributed by atoms with van der Waals surface area (Å²) in [6.45, 7) is 6.39. The Labute approximate surface area is 112 Å². The summed E-state index contributed by atoms with van der Waals surface area (Å²) in [5.74, 6) is -0.960. The molecule has 0 aliphatic heterocycles. The predicted octanol–water partition coefficient (Wildman–Crippen LogP) is 1.84. The second-order valence-electron chi connectivity index (χ2n) is 4.59. The van der Waals surface area contributed by atoms with Crippen LogP contribution in [0.1, 0.15) is 27.7 Å². The van der Waals surface area contributed by atoms with Gasteiger partial charge in [0.2, 0.25) is 0 Å². The topological polar surface area (TPSA) is 100 Å². The number of phosphoric acid groups is 1. The van der Waals surface area contributed by atoms with Crippen LogP contribution in [0.25, 0.3) is 0 Å². The van der Waals surface area contributed by atoms with E-state index in [-0.39, 0.29) is 0 Å². The standard InChI is InChI=1S/C10H20NO7P/c1-7(11-9(13)17-10(2,3)4)8(12)18-19(14,15-5)16-6/h7H,1-6H3,(H,11,13). The van der Waals surface area contributed by atoms with Gasteiger partial charge in [-0.25, -0.2) is 14.2 Å². The SMILES string of the molecule is COP(=O)(OC)OC(=O)C(C)NC(=O)OC(C)(C)C. The highest BCUT2D eigenvalue weighted by atomic mass is 31.2. The van der Waals surface area contributed by atoms with Gasteiger partial charge in [0.25, 0.3) is 0 Å². The van der Waals surface area contributed by atoms with Crippen molar-refractivity contribution in [1.82, 2.24) is 5.32 Å². The lowest BCUT2D eigenvalue weighted by Gasteiger charge is -2.22. The third-order valence-corrected chi connectivity index (χ3v) is 3.03. The molecule has 0 aliphatic carbocycles. The van der Waals surface area contributed by atoms with Crippen molar-refractivity contribution in [3.63, 3.8) is 0 Å². The Kier molecular flexibility index (Phi) is 6.48. The molecule has 0 heterocycles. The molecule has 1 N–H and O–H groups in total. The summed E-state index contributed by atoms with van der Waals surface area (Å²) >= 11 is 0. The average molecular weight is 297 g/mol. The molecule has 19 heavy (non-hydrogen) atoms. The summed E-state index contributed by atoms with van der Waals surface area (Å²) in [6, 6.07) is -1.06. The maximum Gasteiger partial charge on any atom is 0.531 e. The maximum absolute atomic E-state index is 11.6. The third-order valence-electron chi connectivity index (χ3n) is 1.74. The van der Waals surface area contributed by atoms with E-state index in [1.165, 1.54) is 6.92 Å². The second kappa shape index (κ2) is 6.88. The highest BCUT2D eigenvalue weighted by Gasteiger charge is 2.31. The molecular weight excluding hydrogens is 277 g/mol. The number of alkyl carbamates (subject to hydrolysis) is 1. The third kappa shape index (κ3) is 7.15. The molecule has 1 amide bonds. The Morgan fingerprint density at radius 1 is 1.16 bits per heavy atom. The molecule has 1 unspecified atom stereocenters. The smallest absolute Gasteiger partial charge is 0.444 e. The summed E-state index contributed by atoms with van der Waals surface area (Å²) in [6.07, 6.45) is -0.790. The van der Waals surface area contributed by atoms with E-state index in [1.807, 2.05) is 0 Å². The first kappa shape index (κ1) is 17.9. The Morgan fingerprint density at radius 3 is 2.00 bits per heavy atom. The zero-order valence-electron chi connectivity index (χ0n) is 11.9. The number of amides is 1. The number of ether oxygens (including phenoxy) is 1. The van der Waals surface area contributed by atoms with Crippen molar-refractivity contribution < 1.29 is 32.5 Å². The lowest BCUT2D eigenvalue weighted by molar-refractivity contribution is -0.138. The molecule has 0 rings (SSSR count). The minimum Gasteiger partial charge on any atom is -0.444 e. The van der Waals surface area contributed by atoms with Gasteiger partial charge in [-0.15, -0.1) is 0 Å². The maximum atomic E-state index is 11.6. The number of hydrogen-bond donors (Lipinski definition) is 1. The summed E-state index contributed by atoms with van der Waals surface area (Å²) < 4.78 is 29.9. The monoisotopic (exact) mass is 297 g/mol. The molecule has 0 bridgehead atoms. The van der Waals surface area contributed by atoms with Gasteiger partial charge in [0.05, 0.1) is 0 Å². The van der Waals surface area contributed by atoms with Crippen LogP contribution in [0, 0.1) is 0 Å². The molecule has 0 spiro atoms. The van der Waals surface area contributed by atoms with Gasteiger partial charge < -0.3 is 14.6 Å². The fourth-order valence-corrected chi connectivity index (χ4v) is 1.56. The Hall–Kier alpha value is -1.11. The molecule has 0 saturated carbocycles. The fraction of sp³-hybridized carbons (Fsp3) is 0.800. The summed E-state index contributed by atoms with van der Waals surface area (Å²) in [4.78, 5) is 23.0. The number of carbonyl (C=O) groups is 2. The van der Waals surface area contributed by atoms with Gasteiger partial charge in [-0.2, -0.15) is 0 Å². The van der Waals surface area contributed by atoms with Crippen molar-refractivity contribution in [2.45, 2.75) is 39.3 Å². The van der Waals surface area contributed by atoms with Crippen LogP contribution in [-0.4, -0.2) is 37.9 Å². The molecule has 1 atom stereocenters. The molecule has 112 valence electrons. The number of phosphoric ester groups is 1. The van der Waals surface area contributed by atoms with Crippen molar-refractivity contribution in [3.8, 4) is 0 Å². The van der Waals surface area contributed by atoms with E-state index in [9.17, 15) is 14.2 Å². The van der Waals surface area contributed by atoms with Crippen LogP contribution in [0.15, 0.2) is 0 Å². The number of carbonyl (C=O) groups excluding carboxylic acids is 2. The molecule has 0 fully saturated rings. The van der Waals surface area contributed by atoms with Gasteiger partial charge in [-0.3, -0.25) is 9.05 Å². The van der Waals surface area contributed by atoms with E-state index >= 15 is 0 Å². The van der Waals surface area contributed by atoms with Crippen LogP contribution in [0.2, 0.25) is 0 Å². The normalized spacial score (nSPS) is 13.6. The first-order valence-electron chi connectivity index (χ1n) is 5.47. The van der Waals surface area contributed by atoms with Gasteiger partial charge in [0.15, 0.2) is 0 Å². The summed E-state index contributed by atoms with van der Waals surface area (Å²) in [5, 5.41) is 2.24. The predicted molar refractivity (Wildman–Crippen MR) is 66.5 cm³/mol. The fourth-order valence-electron chi connectivity index (χ4n) is 0.882. The zero-order valence-corrected chi connectivity index (χ0v) is 12.8. The highest BCUT2D eigenvalue weighted by molar-refractivity contribution is 7.49. The minimum absolute atomic E-state index is 0.692. The van der Waals surface area contributed by atoms with Gasteiger partial charge in [0.1, 0.15) is 11.6 Å². The number of nitrogens with one attached hydrogen (secondary N) is 1. The summed E-state index contributed by atoms with van der Waals surface area (Å²) in [7, 11) is -1.77. The van der Waals surface area contributed by atoms with E-state index in [2.05, 4.69) is 18.9 Å². The minimum atomic E-state index is -3.92. The average Bonchev–Trinajstić information content (AvgIpc) is 2.25. The van der Waals surface area contributed by atoms with Gasteiger partial charge in [0, 0.05) is 14.2 Å². The van der Waals surface area contributed by atoms with E-state index in [0.29, 0.717) is 0 Å². The van der Waals surface area contributed by atoms with Crippen molar-refractivity contribution in [2.75, 3.05) is 14.2 Å². The molecule has 8 nitrogen and oxygen atoms in total. The van der Waals surface area contributed by atoms with Gasteiger partial charge in [-0.1, -0.05) is 0 Å². The Morgan fingerprint density at radius 2 is 1.63 bits per heavy atom. The molecule has 0 aliphatic rings. The summed E-state index contributed by atoms with van der Waals surface area (Å²) in [5.41, 5.74) is -0.692. The first-order chi connectivity index (χ1) is 8.53. The quantitative estimate of drug-likeness (QED) is 0.773. The van der Waals surface area contributed by atoms with Crippen LogP contribution in [0.4, 0.5) is 4.79 Å². The van der Waals surface area contributed by atoms with Crippen molar-refractivity contribution in [2.24, 2.45) is 0 Å². The molecule has 0 aromatic rings. The van der Waals surface area contributed by atoms with Crippen molar-refractivity contribution >= 4 is 19.9 Å². The van der Waals surface area contributed by atoms with Crippen molar-refractivity contribution in [3.05, 3.63) is 0 Å². The van der Waals surface area contributed by atoms with E-state index in [0.717, 1.165) is 14.2 Å². The number of hydrogen-bond acceptors (Lipinski definition) is 7. The van der Waals surface area contributed by atoms with Gasteiger partial charge in [-0.05, 0) is 27.7 Å². The lowest BCUT2D eigenvalue weighted by Crippen LogP contribution is -2.42. The van der Waals surface area contributed by atoms with Gasteiger partial charge >= 0.3 is 19.9 Å². The van der Waals surface area contributed by atoms with Crippen LogP contribution in [-0.2, 0) is 27.7 Å². The number of rotatable bonds is 5. The van der Waals surface area contributed by atoms with E-state index < -0.39 is 31.5 Å². The lowest BCUT2D eigenvalue weighted by atomic mass is 10.2. The first-order valence-corrected chi connectivity index (χ1v) is 6.93. The van der Waals surface area contributed by atoms with Crippen LogP contribution < -0.4 is 5.32 Å². The molecule has 0 aromatic carbocycles. The zero-order chi connectivity index (χ0) is 15.3. The molecule has 0 aromatic heterocycles. The second-order valence-corrected chi connectivity index (χ2v) is 6.40. The molecule has 0 saturated heterocycles. The van der Waals surface area contributed by atoms with Crippen LogP contribution in [0.5, 0.6) is 0 Å². The largest absolute Gasteiger partial charge is 0.531 e. The molecule has 0 radical (unpaired) electrons. The Bertz CT molecular complexity index is 369. The molecular formula is C10H20NO7P. The van der Waals surface area contributed by atoms with E-state index in [4.69, 9.17) is 4.74 Å². The Balaban J connectivity index is 4.44. The van der Waals surface area contributed by atoms with Crippen LogP contribution >= 0.6 is 7.82 Å². The van der Waals surface area contributed by atoms with Crippen molar-refractivity contribution in [1.29, 1.82) is 0 Å². The van der Waals surface area contributed by atoms with Crippen LogP contribution in [0.3, 0.4) is 0 Å². The van der Waals surface area contributed by atoms with E-state index in [1.54, 1.807) is 20.8 Å². The molecule has 9 heteroatoms.